The second-order valence-corrected chi connectivity index (χ2v) is 8.03. The van der Waals surface area contributed by atoms with Gasteiger partial charge in [0.25, 0.3) is 5.56 Å². The molecule has 0 N–H and O–H groups in total. The first-order valence-corrected chi connectivity index (χ1v) is 10.8. The van der Waals surface area contributed by atoms with Crippen molar-refractivity contribution in [2.45, 2.75) is 47.0 Å². The normalized spacial score (nSPS) is 11.7. The van der Waals surface area contributed by atoms with Crippen molar-refractivity contribution >= 4 is 28.9 Å². The highest BCUT2D eigenvalue weighted by molar-refractivity contribution is 7.71. The molecule has 0 atom stereocenters. The molecule has 2 heterocycles. The van der Waals surface area contributed by atoms with Crippen molar-refractivity contribution in [1.82, 2.24) is 23.6 Å². The molecule has 0 saturated carbocycles. The van der Waals surface area contributed by atoms with Crippen LogP contribution in [0.1, 0.15) is 31.4 Å². The molecule has 0 bridgehead atoms. The zero-order chi connectivity index (χ0) is 21.3. The Morgan fingerprint density at radius 3 is 2.63 bits per heavy atom. The molecular weight excluding hydrogens is 394 g/mol. The molecule has 0 amide bonds. The summed E-state index contributed by atoms with van der Waals surface area (Å²) in [6.07, 6.45) is 0.849. The Balaban J connectivity index is 1.81. The second-order valence-electron chi connectivity index (χ2n) is 7.67. The van der Waals surface area contributed by atoms with Gasteiger partial charge >= 0.3 is 0 Å². The quantitative estimate of drug-likeness (QED) is 0.416. The fourth-order valence-electron chi connectivity index (χ4n) is 3.90. The monoisotopic (exact) mass is 421 g/mol. The van der Waals surface area contributed by atoms with Crippen molar-refractivity contribution in [3.8, 4) is 0 Å². The molecular formula is C23H27N5OS. The molecule has 0 fully saturated rings. The Labute approximate surface area is 181 Å². The van der Waals surface area contributed by atoms with Gasteiger partial charge in [-0.3, -0.25) is 18.7 Å². The Morgan fingerprint density at radius 1 is 1.10 bits per heavy atom. The third-order valence-corrected chi connectivity index (χ3v) is 5.79. The van der Waals surface area contributed by atoms with Gasteiger partial charge in [0.15, 0.2) is 0 Å². The van der Waals surface area contributed by atoms with Gasteiger partial charge in [0.05, 0.1) is 17.6 Å². The van der Waals surface area contributed by atoms with E-state index in [1.807, 2.05) is 33.3 Å². The van der Waals surface area contributed by atoms with Crippen LogP contribution in [0.2, 0.25) is 0 Å². The van der Waals surface area contributed by atoms with Crippen LogP contribution in [0.15, 0.2) is 53.3 Å². The number of aryl methyl sites for hydroxylation is 2. The molecule has 7 heteroatoms. The Morgan fingerprint density at radius 2 is 1.90 bits per heavy atom. The molecule has 4 aromatic rings. The largest absolute Gasteiger partial charge is 0.280 e. The highest BCUT2D eigenvalue weighted by atomic mass is 32.1. The van der Waals surface area contributed by atoms with E-state index < -0.39 is 0 Å². The highest BCUT2D eigenvalue weighted by Gasteiger charge is 2.16. The number of nitrogens with zero attached hydrogens (tertiary/aromatic N) is 5. The minimum Gasteiger partial charge on any atom is -0.280 e. The molecule has 2 aromatic heterocycles. The molecule has 0 unspecified atom stereocenters. The van der Waals surface area contributed by atoms with Crippen LogP contribution in [0.25, 0.3) is 16.7 Å². The SMILES string of the molecule is CCCn1c(=O)c2ccccc2n2c(=S)n(CN(CC)Cc3cccc(C)c3)nc12. The van der Waals surface area contributed by atoms with Crippen LogP contribution in [0.3, 0.4) is 0 Å². The molecule has 0 aliphatic rings. The maximum Gasteiger partial charge on any atom is 0.262 e. The lowest BCUT2D eigenvalue weighted by atomic mass is 10.1. The van der Waals surface area contributed by atoms with E-state index in [2.05, 4.69) is 49.9 Å². The number of hydrogen-bond acceptors (Lipinski definition) is 4. The van der Waals surface area contributed by atoms with E-state index in [0.717, 1.165) is 25.0 Å². The molecule has 0 aliphatic heterocycles. The van der Waals surface area contributed by atoms with Gasteiger partial charge in [-0.05, 0) is 49.8 Å². The molecule has 6 nitrogen and oxygen atoms in total. The van der Waals surface area contributed by atoms with Gasteiger partial charge in [0.2, 0.25) is 10.5 Å². The number of hydrogen-bond donors (Lipinski definition) is 0. The van der Waals surface area contributed by atoms with Crippen LogP contribution in [-0.2, 0) is 19.8 Å². The summed E-state index contributed by atoms with van der Waals surface area (Å²) in [5.41, 5.74) is 3.31. The molecule has 0 radical (unpaired) electrons. The average Bonchev–Trinajstić information content (AvgIpc) is 3.06. The van der Waals surface area contributed by atoms with E-state index >= 15 is 0 Å². The summed E-state index contributed by atoms with van der Waals surface area (Å²) in [7, 11) is 0. The summed E-state index contributed by atoms with van der Waals surface area (Å²) in [6, 6.07) is 16.2. The van der Waals surface area contributed by atoms with Crippen LogP contribution in [0, 0.1) is 11.7 Å². The van der Waals surface area contributed by atoms with Crippen LogP contribution < -0.4 is 5.56 Å². The van der Waals surface area contributed by atoms with E-state index in [1.165, 1.54) is 11.1 Å². The number of para-hydroxylation sites is 1. The van der Waals surface area contributed by atoms with E-state index in [1.54, 1.807) is 4.57 Å². The Kier molecular flexibility index (Phi) is 5.83. The summed E-state index contributed by atoms with van der Waals surface area (Å²) in [5.74, 6) is 0.608. The topological polar surface area (TPSA) is 47.5 Å². The minimum atomic E-state index is -0.0146. The first-order chi connectivity index (χ1) is 14.5. The number of aromatic nitrogens is 4. The smallest absolute Gasteiger partial charge is 0.262 e. The van der Waals surface area contributed by atoms with Crippen molar-refractivity contribution in [1.29, 1.82) is 0 Å². The molecule has 0 aliphatic carbocycles. The fraction of sp³-hybridized carbons (Fsp3) is 0.348. The molecule has 30 heavy (non-hydrogen) atoms. The van der Waals surface area contributed by atoms with Gasteiger partial charge in [-0.1, -0.05) is 55.8 Å². The lowest BCUT2D eigenvalue weighted by molar-refractivity contribution is 0.208. The van der Waals surface area contributed by atoms with Gasteiger partial charge in [0.1, 0.15) is 0 Å². The lowest BCUT2D eigenvalue weighted by Crippen LogP contribution is -2.26. The summed E-state index contributed by atoms with van der Waals surface area (Å²) >= 11 is 5.81. The Bertz CT molecular complexity index is 1320. The van der Waals surface area contributed by atoms with Gasteiger partial charge in [-0.25, -0.2) is 4.68 Å². The fourth-order valence-corrected chi connectivity index (χ4v) is 4.18. The number of fused-ring (bicyclic) bond motifs is 3. The maximum absolute atomic E-state index is 13.1. The molecule has 2 aromatic carbocycles. The summed E-state index contributed by atoms with van der Waals surface area (Å²) < 4.78 is 6.11. The van der Waals surface area contributed by atoms with E-state index in [-0.39, 0.29) is 5.56 Å². The van der Waals surface area contributed by atoms with Crippen LogP contribution >= 0.6 is 12.2 Å². The van der Waals surface area contributed by atoms with Gasteiger partial charge in [-0.2, -0.15) is 0 Å². The van der Waals surface area contributed by atoms with Crippen molar-refractivity contribution < 1.29 is 0 Å². The van der Waals surface area contributed by atoms with Crippen LogP contribution in [0.4, 0.5) is 0 Å². The third kappa shape index (κ3) is 3.70. The molecule has 156 valence electrons. The predicted octanol–water partition coefficient (Wildman–Crippen LogP) is 4.38. The van der Waals surface area contributed by atoms with Crippen LogP contribution in [0.5, 0.6) is 0 Å². The summed E-state index contributed by atoms with van der Waals surface area (Å²) in [5, 5.41) is 5.45. The van der Waals surface area contributed by atoms with Crippen molar-refractivity contribution in [3.05, 3.63) is 74.8 Å². The molecule has 4 rings (SSSR count). The average molecular weight is 422 g/mol. The zero-order valence-electron chi connectivity index (χ0n) is 17.7. The van der Waals surface area contributed by atoms with Gasteiger partial charge in [-0.15, -0.1) is 5.10 Å². The molecule has 0 saturated heterocycles. The molecule has 0 spiro atoms. The van der Waals surface area contributed by atoms with E-state index in [0.29, 0.717) is 29.1 Å². The van der Waals surface area contributed by atoms with E-state index in [9.17, 15) is 4.79 Å². The lowest BCUT2D eigenvalue weighted by Gasteiger charge is -2.20. The van der Waals surface area contributed by atoms with Crippen molar-refractivity contribution in [2.75, 3.05) is 6.54 Å². The second kappa shape index (κ2) is 8.53. The third-order valence-electron chi connectivity index (χ3n) is 5.40. The maximum atomic E-state index is 13.1. The first-order valence-electron chi connectivity index (χ1n) is 10.4. The Hall–Kier alpha value is -2.77. The highest BCUT2D eigenvalue weighted by Crippen LogP contribution is 2.15. The summed E-state index contributed by atoms with van der Waals surface area (Å²) in [6.45, 7) is 9.17. The minimum absolute atomic E-state index is 0.0146. The van der Waals surface area contributed by atoms with Crippen LogP contribution in [-0.4, -0.2) is 30.2 Å². The number of rotatable bonds is 7. The first kappa shape index (κ1) is 20.5. The predicted molar refractivity (Wildman–Crippen MR) is 123 cm³/mol. The van der Waals surface area contributed by atoms with Crippen molar-refractivity contribution in [2.24, 2.45) is 0 Å². The van der Waals surface area contributed by atoms with Gasteiger partial charge < -0.3 is 0 Å². The number of benzene rings is 2. The summed E-state index contributed by atoms with van der Waals surface area (Å²) in [4.78, 5) is 15.4. The van der Waals surface area contributed by atoms with Crippen molar-refractivity contribution in [3.63, 3.8) is 0 Å². The standard InChI is InChI=1S/C23H27N5OS/c1-4-13-26-21(29)19-11-6-7-12-20(19)28-22(26)24-27(23(28)30)16-25(5-2)15-18-10-8-9-17(3)14-18/h6-12,14H,4-5,13,15-16H2,1-3H3. The van der Waals surface area contributed by atoms with Gasteiger partial charge in [0, 0.05) is 13.1 Å². The van der Waals surface area contributed by atoms with E-state index in [4.69, 9.17) is 17.3 Å². The zero-order valence-corrected chi connectivity index (χ0v) is 18.5.